The molecule has 1 aliphatic carbocycles. The topological polar surface area (TPSA) is 133 Å². The van der Waals surface area contributed by atoms with Crippen molar-refractivity contribution in [3.63, 3.8) is 0 Å². The molecule has 4 heterocycles. The molecule has 1 saturated carbocycles. The van der Waals surface area contributed by atoms with Gasteiger partial charge in [0.1, 0.15) is 17.5 Å². The molecule has 10 nitrogen and oxygen atoms in total. The molecule has 2 aromatic rings. The number of carbonyl (C=O) groups excluding carboxylic acids is 1. The van der Waals surface area contributed by atoms with Crippen LogP contribution in [0.2, 0.25) is 0 Å². The molecular formula is C26H32F2N8O2. The number of nitrogens with zero attached hydrogens (tertiary/aromatic N) is 6. The zero-order valence-electron chi connectivity index (χ0n) is 21.3. The first-order valence-corrected chi connectivity index (χ1v) is 12.7. The van der Waals surface area contributed by atoms with Crippen molar-refractivity contribution in [3.05, 3.63) is 42.0 Å². The van der Waals surface area contributed by atoms with Crippen LogP contribution in [0, 0.1) is 5.41 Å². The lowest BCUT2D eigenvalue weighted by molar-refractivity contribution is -0.131. The molecular weight excluding hydrogens is 494 g/mol. The SMILES string of the molecule is CC(=O)N1CCC2(CC1)CN(c1cc(Nc3cc(C(F)F)ccn3)nc(C(C=NCC3(O)CC3)=CN)n1)C2. The highest BCUT2D eigenvalue weighted by Crippen LogP contribution is 2.42. The number of hydrogen-bond donors (Lipinski definition) is 3. The summed E-state index contributed by atoms with van der Waals surface area (Å²) < 4.78 is 26.4. The van der Waals surface area contributed by atoms with Gasteiger partial charge >= 0.3 is 0 Å². The second-order valence-electron chi connectivity index (χ2n) is 10.5. The number of anilines is 3. The lowest BCUT2D eigenvalue weighted by atomic mass is 9.72. The Morgan fingerprint density at radius 1 is 1.21 bits per heavy atom. The predicted octanol–water partition coefficient (Wildman–Crippen LogP) is 2.90. The van der Waals surface area contributed by atoms with E-state index in [1.807, 2.05) is 4.90 Å². The van der Waals surface area contributed by atoms with Gasteiger partial charge in [0.2, 0.25) is 5.91 Å². The van der Waals surface area contributed by atoms with E-state index in [0.717, 1.165) is 51.9 Å². The van der Waals surface area contributed by atoms with Gasteiger partial charge in [-0.05, 0) is 37.8 Å². The highest BCUT2D eigenvalue weighted by Gasteiger charge is 2.46. The fourth-order valence-electron chi connectivity index (χ4n) is 4.90. The van der Waals surface area contributed by atoms with E-state index < -0.39 is 12.0 Å². The molecule has 12 heteroatoms. The molecule has 2 saturated heterocycles. The number of carbonyl (C=O) groups is 1. The maximum atomic E-state index is 13.2. The first-order valence-electron chi connectivity index (χ1n) is 12.7. The molecule has 202 valence electrons. The van der Waals surface area contributed by atoms with Crippen LogP contribution >= 0.6 is 0 Å². The highest BCUT2D eigenvalue weighted by molar-refractivity contribution is 6.08. The second-order valence-corrected chi connectivity index (χ2v) is 10.5. The van der Waals surface area contributed by atoms with E-state index in [-0.39, 0.29) is 29.2 Å². The van der Waals surface area contributed by atoms with Gasteiger partial charge in [0.15, 0.2) is 5.82 Å². The van der Waals surface area contributed by atoms with E-state index in [1.54, 1.807) is 19.2 Å². The van der Waals surface area contributed by atoms with Crippen molar-refractivity contribution in [2.75, 3.05) is 42.9 Å². The lowest BCUT2D eigenvalue weighted by Crippen LogP contribution is -2.61. The number of amides is 1. The predicted molar refractivity (Wildman–Crippen MR) is 140 cm³/mol. The number of nitrogens with two attached hydrogens (primary N) is 1. The summed E-state index contributed by atoms with van der Waals surface area (Å²) in [6, 6.07) is 4.31. The molecule has 2 aliphatic heterocycles. The Labute approximate surface area is 219 Å². The van der Waals surface area contributed by atoms with Crippen LogP contribution in [-0.2, 0) is 4.79 Å². The summed E-state index contributed by atoms with van der Waals surface area (Å²) in [7, 11) is 0. The van der Waals surface area contributed by atoms with Crippen molar-refractivity contribution in [1.82, 2.24) is 19.9 Å². The first kappa shape index (κ1) is 26.0. The Balaban J connectivity index is 1.38. The van der Waals surface area contributed by atoms with Crippen LogP contribution < -0.4 is 16.0 Å². The molecule has 4 N–H and O–H groups in total. The third-order valence-electron chi connectivity index (χ3n) is 7.53. The van der Waals surface area contributed by atoms with E-state index in [2.05, 4.69) is 25.2 Å². The molecule has 0 radical (unpaired) electrons. The molecule has 0 atom stereocenters. The van der Waals surface area contributed by atoms with E-state index in [9.17, 15) is 18.7 Å². The number of pyridine rings is 1. The van der Waals surface area contributed by atoms with Crippen LogP contribution in [0.3, 0.4) is 0 Å². The van der Waals surface area contributed by atoms with Gasteiger partial charge in [-0.1, -0.05) is 0 Å². The van der Waals surface area contributed by atoms with E-state index in [0.29, 0.717) is 23.0 Å². The maximum absolute atomic E-state index is 13.2. The zero-order valence-corrected chi connectivity index (χ0v) is 21.3. The normalized spacial score (nSPS) is 20.2. The fraction of sp³-hybridized carbons (Fsp3) is 0.500. The first-order chi connectivity index (χ1) is 18.2. The van der Waals surface area contributed by atoms with Gasteiger partial charge < -0.3 is 26.0 Å². The van der Waals surface area contributed by atoms with Crippen LogP contribution in [0.4, 0.5) is 26.2 Å². The van der Waals surface area contributed by atoms with Gasteiger partial charge in [0.05, 0.1) is 17.7 Å². The minimum absolute atomic E-state index is 0.105. The van der Waals surface area contributed by atoms with Crippen molar-refractivity contribution < 1.29 is 18.7 Å². The minimum Gasteiger partial charge on any atom is -0.404 e. The van der Waals surface area contributed by atoms with Gasteiger partial charge in [-0.15, -0.1) is 0 Å². The van der Waals surface area contributed by atoms with Crippen LogP contribution in [0.1, 0.15) is 50.4 Å². The number of allylic oxidation sites excluding steroid dienone is 1. The quantitative estimate of drug-likeness (QED) is 0.448. The van der Waals surface area contributed by atoms with Gasteiger partial charge in [0, 0.05) is 68.8 Å². The van der Waals surface area contributed by atoms with Crippen molar-refractivity contribution in [1.29, 1.82) is 0 Å². The Hall–Kier alpha value is -3.67. The number of aromatic nitrogens is 3. The van der Waals surface area contributed by atoms with E-state index in [1.165, 1.54) is 24.5 Å². The van der Waals surface area contributed by atoms with Crippen LogP contribution in [0.15, 0.2) is 35.6 Å². The molecule has 5 rings (SSSR count). The monoisotopic (exact) mass is 526 g/mol. The molecule has 2 aromatic heterocycles. The average Bonchev–Trinajstić information content (AvgIpc) is 3.62. The van der Waals surface area contributed by atoms with E-state index in [4.69, 9.17) is 10.7 Å². The number of piperidine rings is 1. The zero-order chi connectivity index (χ0) is 26.9. The molecule has 3 aliphatic rings. The Kier molecular flexibility index (Phi) is 6.99. The smallest absolute Gasteiger partial charge is 0.264 e. The number of likely N-dealkylation sites (tertiary alicyclic amines) is 1. The Morgan fingerprint density at radius 3 is 2.58 bits per heavy atom. The molecule has 0 bridgehead atoms. The number of aliphatic imine (C=N–C) groups is 1. The lowest BCUT2D eigenvalue weighted by Gasteiger charge is -2.54. The van der Waals surface area contributed by atoms with Crippen LogP contribution in [0.25, 0.3) is 5.57 Å². The number of nitrogens with one attached hydrogen (secondary N) is 1. The molecule has 38 heavy (non-hydrogen) atoms. The third kappa shape index (κ3) is 5.74. The highest BCUT2D eigenvalue weighted by atomic mass is 19.3. The standard InChI is InChI=1S/C26H32F2N8O2/c1-17(37)35-8-5-25(6-9-35)15-36(16-25)22-11-21(32-20-10-18(23(27)28)2-7-31-20)33-24(34-22)19(12-29)13-30-14-26(38)3-4-26/h2,7,10-13,23,38H,3-6,8-9,14-16,29H2,1H3,(H,31,32,33,34). The summed E-state index contributed by atoms with van der Waals surface area (Å²) in [5.74, 6) is 1.70. The summed E-state index contributed by atoms with van der Waals surface area (Å²) in [6.07, 6.45) is 4.90. The molecule has 0 aromatic carbocycles. The second kappa shape index (κ2) is 10.2. The average molecular weight is 527 g/mol. The summed E-state index contributed by atoms with van der Waals surface area (Å²) in [6.45, 7) is 4.95. The van der Waals surface area contributed by atoms with Crippen LogP contribution in [-0.4, -0.2) is 75.4 Å². The van der Waals surface area contributed by atoms with Crippen molar-refractivity contribution in [3.8, 4) is 0 Å². The van der Waals surface area contributed by atoms with Crippen molar-refractivity contribution >= 4 is 35.1 Å². The summed E-state index contributed by atoms with van der Waals surface area (Å²) in [4.78, 5) is 33.5. The molecule has 1 amide bonds. The van der Waals surface area contributed by atoms with Crippen molar-refractivity contribution in [2.24, 2.45) is 16.1 Å². The number of aliphatic hydroxyl groups is 1. The molecule has 1 spiro atoms. The van der Waals surface area contributed by atoms with Gasteiger partial charge in [-0.25, -0.2) is 23.7 Å². The van der Waals surface area contributed by atoms with Gasteiger partial charge in [0.25, 0.3) is 6.43 Å². The minimum atomic E-state index is -2.62. The molecule has 3 fully saturated rings. The maximum Gasteiger partial charge on any atom is 0.264 e. The van der Waals surface area contributed by atoms with Crippen molar-refractivity contribution in [2.45, 2.75) is 44.6 Å². The third-order valence-corrected chi connectivity index (χ3v) is 7.53. The number of hydrogen-bond acceptors (Lipinski definition) is 9. The van der Waals surface area contributed by atoms with E-state index >= 15 is 0 Å². The summed E-state index contributed by atoms with van der Waals surface area (Å²) in [5, 5.41) is 13.1. The Morgan fingerprint density at radius 2 is 1.95 bits per heavy atom. The fourth-order valence-corrected chi connectivity index (χ4v) is 4.90. The largest absolute Gasteiger partial charge is 0.404 e. The van der Waals surface area contributed by atoms with Gasteiger partial charge in [-0.3, -0.25) is 9.79 Å². The number of halogens is 2. The van der Waals surface area contributed by atoms with Crippen LogP contribution in [0.5, 0.6) is 0 Å². The molecule has 0 unspecified atom stereocenters. The number of rotatable bonds is 8. The van der Waals surface area contributed by atoms with Gasteiger partial charge in [-0.2, -0.15) is 0 Å². The summed E-state index contributed by atoms with van der Waals surface area (Å²) >= 11 is 0. The number of alkyl halides is 2. The Bertz CT molecular complexity index is 1250. The summed E-state index contributed by atoms with van der Waals surface area (Å²) in [5.41, 5.74) is 5.61.